The largest absolute Gasteiger partial charge is 0.330 e. The molecule has 80 valence electrons. The third kappa shape index (κ3) is 6.99. The van der Waals surface area contributed by atoms with Gasteiger partial charge in [0.1, 0.15) is 0 Å². The third-order valence-corrected chi connectivity index (χ3v) is 2.55. The van der Waals surface area contributed by atoms with Crippen LogP contribution in [0, 0.1) is 0 Å². The minimum atomic E-state index is 0.667. The zero-order valence-electron chi connectivity index (χ0n) is 9.58. The van der Waals surface area contributed by atoms with Gasteiger partial charge in [0.15, 0.2) is 0 Å². The molecule has 3 nitrogen and oxygen atoms in total. The third-order valence-electron chi connectivity index (χ3n) is 2.55. The summed E-state index contributed by atoms with van der Waals surface area (Å²) in [5.41, 5.74) is 5.45. The van der Waals surface area contributed by atoms with E-state index in [2.05, 4.69) is 37.9 Å². The lowest BCUT2D eigenvalue weighted by atomic mass is 10.2. The van der Waals surface area contributed by atoms with Crippen molar-refractivity contribution < 1.29 is 0 Å². The highest BCUT2D eigenvalue weighted by Crippen LogP contribution is 1.99. The van der Waals surface area contributed by atoms with Gasteiger partial charge >= 0.3 is 0 Å². The molecule has 0 spiro atoms. The molecule has 0 fully saturated rings. The SMILES string of the molecule is CC(CCN(C)CCCN)N(C)C. The van der Waals surface area contributed by atoms with E-state index >= 15 is 0 Å². The molecule has 0 amide bonds. The normalized spacial score (nSPS) is 14.1. The van der Waals surface area contributed by atoms with Crippen LogP contribution in [0.15, 0.2) is 0 Å². The Balaban J connectivity index is 3.40. The Labute approximate surface area is 82.9 Å². The molecule has 1 unspecified atom stereocenters. The van der Waals surface area contributed by atoms with E-state index in [0.29, 0.717) is 6.04 Å². The van der Waals surface area contributed by atoms with Gasteiger partial charge < -0.3 is 15.5 Å². The highest BCUT2D eigenvalue weighted by atomic mass is 15.1. The summed E-state index contributed by atoms with van der Waals surface area (Å²) in [5.74, 6) is 0. The Morgan fingerprint density at radius 1 is 1.15 bits per heavy atom. The standard InChI is InChI=1S/C10H25N3/c1-10(12(2)3)6-9-13(4)8-5-7-11/h10H,5-9,11H2,1-4H3. The van der Waals surface area contributed by atoms with Gasteiger partial charge in [0.2, 0.25) is 0 Å². The van der Waals surface area contributed by atoms with Crippen molar-refractivity contribution in [2.75, 3.05) is 40.8 Å². The molecule has 0 bridgehead atoms. The van der Waals surface area contributed by atoms with Gasteiger partial charge in [-0.25, -0.2) is 0 Å². The van der Waals surface area contributed by atoms with Gasteiger partial charge in [0, 0.05) is 6.04 Å². The molecule has 0 aliphatic rings. The van der Waals surface area contributed by atoms with Crippen molar-refractivity contribution >= 4 is 0 Å². The summed E-state index contributed by atoms with van der Waals surface area (Å²) in [6, 6.07) is 0.667. The summed E-state index contributed by atoms with van der Waals surface area (Å²) in [4.78, 5) is 4.61. The summed E-state index contributed by atoms with van der Waals surface area (Å²) in [7, 11) is 6.42. The fraction of sp³-hybridized carbons (Fsp3) is 1.00. The molecule has 0 aromatic rings. The first-order valence-electron chi connectivity index (χ1n) is 5.13. The minimum absolute atomic E-state index is 0.667. The van der Waals surface area contributed by atoms with Gasteiger partial charge in [0.05, 0.1) is 0 Å². The van der Waals surface area contributed by atoms with Gasteiger partial charge in [0.25, 0.3) is 0 Å². The second-order valence-electron chi connectivity index (χ2n) is 4.05. The monoisotopic (exact) mass is 187 g/mol. The van der Waals surface area contributed by atoms with Crippen LogP contribution in [-0.2, 0) is 0 Å². The Kier molecular flexibility index (Phi) is 7.23. The maximum absolute atomic E-state index is 5.45. The highest BCUT2D eigenvalue weighted by molar-refractivity contribution is 4.62. The number of rotatable bonds is 7. The van der Waals surface area contributed by atoms with Crippen LogP contribution in [0.5, 0.6) is 0 Å². The molecular formula is C10H25N3. The predicted octanol–water partition coefficient (Wildman–Crippen LogP) is 0.607. The van der Waals surface area contributed by atoms with Gasteiger partial charge in [-0.1, -0.05) is 0 Å². The van der Waals surface area contributed by atoms with Crippen LogP contribution in [0.4, 0.5) is 0 Å². The van der Waals surface area contributed by atoms with E-state index in [1.165, 1.54) is 13.0 Å². The number of hydrogen-bond acceptors (Lipinski definition) is 3. The summed E-state index contributed by atoms with van der Waals surface area (Å²) in [5, 5.41) is 0. The van der Waals surface area contributed by atoms with Gasteiger partial charge in [-0.05, 0) is 60.5 Å². The van der Waals surface area contributed by atoms with Crippen LogP contribution < -0.4 is 5.73 Å². The van der Waals surface area contributed by atoms with Crippen LogP contribution >= 0.6 is 0 Å². The molecule has 0 rings (SSSR count). The van der Waals surface area contributed by atoms with Crippen molar-refractivity contribution in [3.05, 3.63) is 0 Å². The molecule has 0 heterocycles. The second-order valence-corrected chi connectivity index (χ2v) is 4.05. The number of nitrogens with zero attached hydrogens (tertiary/aromatic N) is 2. The first-order valence-corrected chi connectivity index (χ1v) is 5.13. The van der Waals surface area contributed by atoms with Crippen LogP contribution in [0.2, 0.25) is 0 Å². The Hall–Kier alpha value is -0.120. The van der Waals surface area contributed by atoms with Crippen LogP contribution in [-0.4, -0.2) is 56.6 Å². The summed E-state index contributed by atoms with van der Waals surface area (Å²) in [6.07, 6.45) is 2.33. The van der Waals surface area contributed by atoms with Crippen LogP contribution in [0.25, 0.3) is 0 Å². The summed E-state index contributed by atoms with van der Waals surface area (Å²) in [6.45, 7) is 5.35. The van der Waals surface area contributed by atoms with Crippen molar-refractivity contribution in [1.29, 1.82) is 0 Å². The van der Waals surface area contributed by atoms with E-state index in [1.807, 2.05) is 0 Å². The lowest BCUT2D eigenvalue weighted by Crippen LogP contribution is -2.31. The molecule has 1 atom stereocenters. The highest BCUT2D eigenvalue weighted by Gasteiger charge is 2.05. The molecule has 0 aromatic heterocycles. The fourth-order valence-corrected chi connectivity index (χ4v) is 1.14. The Morgan fingerprint density at radius 2 is 1.77 bits per heavy atom. The predicted molar refractivity (Wildman–Crippen MR) is 58.9 cm³/mol. The zero-order valence-corrected chi connectivity index (χ0v) is 9.58. The van der Waals surface area contributed by atoms with Crippen molar-refractivity contribution in [2.24, 2.45) is 5.73 Å². The average Bonchev–Trinajstić information content (AvgIpc) is 2.10. The van der Waals surface area contributed by atoms with E-state index < -0.39 is 0 Å². The molecular weight excluding hydrogens is 162 g/mol. The summed E-state index contributed by atoms with van der Waals surface area (Å²) < 4.78 is 0. The lowest BCUT2D eigenvalue weighted by molar-refractivity contribution is 0.248. The molecule has 3 heteroatoms. The first-order chi connectivity index (χ1) is 6.07. The lowest BCUT2D eigenvalue weighted by Gasteiger charge is -2.23. The van der Waals surface area contributed by atoms with Gasteiger partial charge in [-0.3, -0.25) is 0 Å². The van der Waals surface area contributed by atoms with Crippen molar-refractivity contribution in [1.82, 2.24) is 9.80 Å². The summed E-state index contributed by atoms with van der Waals surface area (Å²) >= 11 is 0. The van der Waals surface area contributed by atoms with Gasteiger partial charge in [-0.2, -0.15) is 0 Å². The molecule has 0 aromatic carbocycles. The second kappa shape index (κ2) is 7.30. The average molecular weight is 187 g/mol. The quantitative estimate of drug-likeness (QED) is 0.634. The smallest absolute Gasteiger partial charge is 0.00730 e. The van der Waals surface area contributed by atoms with Crippen LogP contribution in [0.1, 0.15) is 19.8 Å². The van der Waals surface area contributed by atoms with Gasteiger partial charge in [-0.15, -0.1) is 0 Å². The van der Waals surface area contributed by atoms with E-state index in [-0.39, 0.29) is 0 Å². The molecule has 0 radical (unpaired) electrons. The maximum Gasteiger partial charge on any atom is 0.00730 e. The molecule has 0 aliphatic carbocycles. The van der Waals surface area contributed by atoms with E-state index in [9.17, 15) is 0 Å². The van der Waals surface area contributed by atoms with E-state index in [0.717, 1.165) is 19.5 Å². The van der Waals surface area contributed by atoms with Crippen LogP contribution in [0.3, 0.4) is 0 Å². The number of nitrogens with two attached hydrogens (primary N) is 1. The number of hydrogen-bond donors (Lipinski definition) is 1. The molecule has 0 aliphatic heterocycles. The van der Waals surface area contributed by atoms with Crippen molar-refractivity contribution in [2.45, 2.75) is 25.8 Å². The minimum Gasteiger partial charge on any atom is -0.330 e. The molecule has 2 N–H and O–H groups in total. The van der Waals surface area contributed by atoms with E-state index in [4.69, 9.17) is 5.73 Å². The maximum atomic E-state index is 5.45. The van der Waals surface area contributed by atoms with Crippen molar-refractivity contribution in [3.63, 3.8) is 0 Å². The fourth-order valence-electron chi connectivity index (χ4n) is 1.14. The molecule has 13 heavy (non-hydrogen) atoms. The molecule has 0 saturated carbocycles. The van der Waals surface area contributed by atoms with E-state index in [1.54, 1.807) is 0 Å². The molecule has 0 saturated heterocycles. The Morgan fingerprint density at radius 3 is 2.23 bits per heavy atom. The first kappa shape index (κ1) is 12.9. The van der Waals surface area contributed by atoms with Crippen molar-refractivity contribution in [3.8, 4) is 0 Å². The zero-order chi connectivity index (χ0) is 10.3. The Bertz CT molecular complexity index is 115. The topological polar surface area (TPSA) is 32.5 Å².